The highest BCUT2D eigenvalue weighted by atomic mass is 16.5. The van der Waals surface area contributed by atoms with Crippen LogP contribution >= 0.6 is 0 Å². The molecule has 1 unspecified atom stereocenters. The third kappa shape index (κ3) is 2.92. The summed E-state index contributed by atoms with van der Waals surface area (Å²) in [6.07, 6.45) is 1.20. The lowest BCUT2D eigenvalue weighted by Crippen LogP contribution is -2.56. The smallest absolute Gasteiger partial charge is 0.324 e. The number of aliphatic carboxylic acids is 1. The van der Waals surface area contributed by atoms with Gasteiger partial charge in [0.05, 0.1) is 6.61 Å². The molecular weight excluding hydrogens is 194 g/mol. The lowest BCUT2D eigenvalue weighted by molar-refractivity contribution is -0.153. The van der Waals surface area contributed by atoms with E-state index in [2.05, 4.69) is 0 Å². The van der Waals surface area contributed by atoms with Crippen molar-refractivity contribution in [3.05, 3.63) is 0 Å². The summed E-state index contributed by atoms with van der Waals surface area (Å²) in [6.45, 7) is 6.35. The summed E-state index contributed by atoms with van der Waals surface area (Å²) in [6, 6.07) is 0.103. The van der Waals surface area contributed by atoms with E-state index in [1.54, 1.807) is 7.11 Å². The van der Waals surface area contributed by atoms with Crippen LogP contribution in [0.4, 0.5) is 0 Å². The molecule has 0 aliphatic heterocycles. The lowest BCUT2D eigenvalue weighted by atomic mass is 9.90. The molecule has 90 valence electrons. The largest absolute Gasteiger partial charge is 0.480 e. The van der Waals surface area contributed by atoms with E-state index in [4.69, 9.17) is 4.74 Å². The van der Waals surface area contributed by atoms with Crippen molar-refractivity contribution in [1.82, 2.24) is 4.90 Å². The molecule has 0 rings (SSSR count). The van der Waals surface area contributed by atoms with E-state index in [0.717, 1.165) is 0 Å². The summed E-state index contributed by atoms with van der Waals surface area (Å²) in [5.74, 6) is -0.752. The van der Waals surface area contributed by atoms with Gasteiger partial charge in [-0.15, -0.1) is 0 Å². The summed E-state index contributed by atoms with van der Waals surface area (Å²) in [4.78, 5) is 13.3. The number of carboxylic acids is 1. The normalized spacial score (nSPS) is 14.3. The van der Waals surface area contributed by atoms with Crippen LogP contribution in [-0.4, -0.2) is 48.3 Å². The van der Waals surface area contributed by atoms with Gasteiger partial charge in [-0.25, -0.2) is 0 Å². The Morgan fingerprint density at radius 3 is 2.20 bits per heavy atom. The first kappa shape index (κ1) is 14.4. The average Bonchev–Trinajstić information content (AvgIpc) is 2.20. The molecule has 0 saturated carbocycles. The van der Waals surface area contributed by atoms with Gasteiger partial charge >= 0.3 is 5.97 Å². The molecule has 4 heteroatoms. The average molecular weight is 217 g/mol. The maximum absolute atomic E-state index is 11.4. The molecule has 0 aliphatic carbocycles. The Kier molecular flexibility index (Phi) is 5.83. The Balaban J connectivity index is 4.83. The Morgan fingerprint density at radius 1 is 1.47 bits per heavy atom. The molecule has 0 amide bonds. The van der Waals surface area contributed by atoms with Gasteiger partial charge in [0.2, 0.25) is 0 Å². The zero-order valence-electron chi connectivity index (χ0n) is 10.4. The molecule has 0 bridgehead atoms. The van der Waals surface area contributed by atoms with Crippen molar-refractivity contribution in [2.45, 2.75) is 45.2 Å². The van der Waals surface area contributed by atoms with Gasteiger partial charge in [0, 0.05) is 13.2 Å². The lowest BCUT2D eigenvalue weighted by Gasteiger charge is -2.40. The van der Waals surface area contributed by atoms with E-state index in [9.17, 15) is 9.90 Å². The number of hydrogen-bond acceptors (Lipinski definition) is 3. The quantitative estimate of drug-likeness (QED) is 0.703. The van der Waals surface area contributed by atoms with Crippen LogP contribution in [0.15, 0.2) is 0 Å². The molecule has 0 aromatic heterocycles. The van der Waals surface area contributed by atoms with Gasteiger partial charge in [-0.1, -0.05) is 13.8 Å². The van der Waals surface area contributed by atoms with Crippen molar-refractivity contribution in [3.63, 3.8) is 0 Å². The van der Waals surface area contributed by atoms with Crippen LogP contribution < -0.4 is 0 Å². The minimum absolute atomic E-state index is 0.103. The monoisotopic (exact) mass is 217 g/mol. The Labute approximate surface area is 92.2 Å². The van der Waals surface area contributed by atoms with E-state index in [1.165, 1.54) is 0 Å². The molecule has 0 radical (unpaired) electrons. The van der Waals surface area contributed by atoms with Gasteiger partial charge in [0.15, 0.2) is 0 Å². The van der Waals surface area contributed by atoms with E-state index in [-0.39, 0.29) is 6.04 Å². The first-order chi connectivity index (χ1) is 6.96. The summed E-state index contributed by atoms with van der Waals surface area (Å²) >= 11 is 0. The first-order valence-electron chi connectivity index (χ1n) is 5.41. The second kappa shape index (κ2) is 6.08. The highest BCUT2D eigenvalue weighted by Crippen LogP contribution is 2.25. The summed E-state index contributed by atoms with van der Waals surface area (Å²) in [7, 11) is 3.48. The van der Waals surface area contributed by atoms with Gasteiger partial charge in [-0.2, -0.15) is 0 Å². The van der Waals surface area contributed by atoms with Crippen molar-refractivity contribution in [2.24, 2.45) is 0 Å². The van der Waals surface area contributed by atoms with E-state index in [0.29, 0.717) is 19.4 Å². The molecule has 1 N–H and O–H groups in total. The number of carbonyl (C=O) groups is 1. The molecule has 4 nitrogen and oxygen atoms in total. The molecule has 0 aliphatic rings. The van der Waals surface area contributed by atoms with E-state index in [1.807, 2.05) is 32.7 Å². The fourth-order valence-electron chi connectivity index (χ4n) is 1.98. The van der Waals surface area contributed by atoms with Gasteiger partial charge in [-0.3, -0.25) is 9.69 Å². The number of likely N-dealkylation sites (N-methyl/N-ethyl adjacent to an activating group) is 1. The highest BCUT2D eigenvalue weighted by Gasteiger charge is 2.40. The SMILES string of the molecule is CCC(CC)(C(=O)O)N(C)C(C)COC. The molecule has 1 atom stereocenters. The van der Waals surface area contributed by atoms with Gasteiger partial charge < -0.3 is 9.84 Å². The topological polar surface area (TPSA) is 49.8 Å². The zero-order chi connectivity index (χ0) is 12.1. The van der Waals surface area contributed by atoms with Crippen LogP contribution in [0.25, 0.3) is 0 Å². The summed E-state index contributed by atoms with van der Waals surface area (Å²) in [5, 5.41) is 9.33. The predicted molar refractivity (Wildman–Crippen MR) is 60.0 cm³/mol. The number of rotatable bonds is 7. The minimum atomic E-state index is -0.766. The fourth-order valence-corrected chi connectivity index (χ4v) is 1.98. The number of hydrogen-bond donors (Lipinski definition) is 1. The van der Waals surface area contributed by atoms with E-state index < -0.39 is 11.5 Å². The highest BCUT2D eigenvalue weighted by molar-refractivity contribution is 5.78. The fraction of sp³-hybridized carbons (Fsp3) is 0.909. The minimum Gasteiger partial charge on any atom is -0.480 e. The molecule has 0 heterocycles. The molecule has 0 aromatic carbocycles. The Morgan fingerprint density at radius 2 is 1.93 bits per heavy atom. The number of methoxy groups -OCH3 is 1. The third-order valence-electron chi connectivity index (χ3n) is 3.31. The Hall–Kier alpha value is -0.610. The van der Waals surface area contributed by atoms with Gasteiger partial charge in [0.1, 0.15) is 5.54 Å². The summed E-state index contributed by atoms with van der Waals surface area (Å²) < 4.78 is 5.05. The van der Waals surface area contributed by atoms with Crippen molar-refractivity contribution in [1.29, 1.82) is 0 Å². The second-order valence-electron chi connectivity index (χ2n) is 3.96. The van der Waals surface area contributed by atoms with Crippen LogP contribution in [0.2, 0.25) is 0 Å². The second-order valence-corrected chi connectivity index (χ2v) is 3.96. The molecule has 0 spiro atoms. The van der Waals surface area contributed by atoms with Gasteiger partial charge in [-0.05, 0) is 26.8 Å². The van der Waals surface area contributed by atoms with E-state index >= 15 is 0 Å². The van der Waals surface area contributed by atoms with Crippen molar-refractivity contribution in [2.75, 3.05) is 20.8 Å². The third-order valence-corrected chi connectivity index (χ3v) is 3.31. The standard InChI is InChI=1S/C11H23NO3/c1-6-11(7-2,10(13)14)12(4)9(3)8-15-5/h9H,6-8H2,1-5H3,(H,13,14). The van der Waals surface area contributed by atoms with Crippen molar-refractivity contribution >= 4 is 5.97 Å². The molecule has 0 fully saturated rings. The zero-order valence-corrected chi connectivity index (χ0v) is 10.4. The molecule has 15 heavy (non-hydrogen) atoms. The predicted octanol–water partition coefficient (Wildman–Crippen LogP) is 1.60. The Bertz CT molecular complexity index is 202. The van der Waals surface area contributed by atoms with Crippen LogP contribution in [0, 0.1) is 0 Å². The number of nitrogens with zero attached hydrogens (tertiary/aromatic N) is 1. The first-order valence-corrected chi connectivity index (χ1v) is 5.41. The van der Waals surface area contributed by atoms with Crippen LogP contribution in [-0.2, 0) is 9.53 Å². The van der Waals surface area contributed by atoms with Crippen LogP contribution in [0.1, 0.15) is 33.6 Å². The molecular formula is C11H23NO3. The maximum atomic E-state index is 11.4. The molecule has 0 saturated heterocycles. The van der Waals surface area contributed by atoms with Crippen molar-refractivity contribution in [3.8, 4) is 0 Å². The van der Waals surface area contributed by atoms with Crippen molar-refractivity contribution < 1.29 is 14.6 Å². The summed E-state index contributed by atoms with van der Waals surface area (Å²) in [5.41, 5.74) is -0.766. The number of carboxylic acid groups (broad SMARTS) is 1. The van der Waals surface area contributed by atoms with Gasteiger partial charge in [0.25, 0.3) is 0 Å². The number of ether oxygens (including phenoxy) is 1. The van der Waals surface area contributed by atoms with Crippen LogP contribution in [0.5, 0.6) is 0 Å². The van der Waals surface area contributed by atoms with Crippen LogP contribution in [0.3, 0.4) is 0 Å². The molecule has 0 aromatic rings. The maximum Gasteiger partial charge on any atom is 0.324 e.